The second-order valence-electron chi connectivity index (χ2n) is 3.13. The van der Waals surface area contributed by atoms with Crippen molar-refractivity contribution in [3.8, 4) is 0 Å². The van der Waals surface area contributed by atoms with Gasteiger partial charge in [0, 0.05) is 10.7 Å². The highest BCUT2D eigenvalue weighted by Crippen LogP contribution is 2.17. The van der Waals surface area contributed by atoms with Gasteiger partial charge in [0.15, 0.2) is 0 Å². The normalized spacial score (nSPS) is 9.81. The number of primary amides is 1. The number of rotatable bonds is 4. The maximum Gasteiger partial charge on any atom is 0.338 e. The first-order chi connectivity index (χ1) is 7.49. The molecule has 0 unspecified atom stereocenters. The Kier molecular flexibility index (Phi) is 4.13. The molecular formula is C10H11ClN2O3. The van der Waals surface area contributed by atoms with Gasteiger partial charge >= 0.3 is 5.97 Å². The van der Waals surface area contributed by atoms with Gasteiger partial charge in [-0.2, -0.15) is 0 Å². The predicted octanol–water partition coefficient (Wildman–Crippen LogP) is 0.954. The summed E-state index contributed by atoms with van der Waals surface area (Å²) in [4.78, 5) is 21.9. The summed E-state index contributed by atoms with van der Waals surface area (Å²) in [6.45, 7) is -0.0550. The fraction of sp³-hybridized carbons (Fsp3) is 0.200. The largest absolute Gasteiger partial charge is 0.462 e. The molecule has 5 nitrogen and oxygen atoms in total. The Morgan fingerprint density at radius 2 is 2.00 bits per heavy atom. The number of esters is 1. The zero-order valence-electron chi connectivity index (χ0n) is 8.40. The van der Waals surface area contributed by atoms with Crippen LogP contribution in [0.1, 0.15) is 16.8 Å². The molecule has 6 heteroatoms. The second-order valence-corrected chi connectivity index (χ2v) is 3.56. The van der Waals surface area contributed by atoms with Gasteiger partial charge in [-0.3, -0.25) is 4.79 Å². The molecule has 0 atom stereocenters. The summed E-state index contributed by atoms with van der Waals surface area (Å²) in [5.41, 5.74) is 11.0. The van der Waals surface area contributed by atoms with E-state index in [9.17, 15) is 9.59 Å². The van der Waals surface area contributed by atoms with Crippen LogP contribution >= 0.6 is 11.6 Å². The lowest BCUT2D eigenvalue weighted by Crippen LogP contribution is -2.15. The van der Waals surface area contributed by atoms with Crippen LogP contribution in [0.5, 0.6) is 0 Å². The van der Waals surface area contributed by atoms with Crippen LogP contribution in [0, 0.1) is 0 Å². The molecule has 0 aliphatic heterocycles. The minimum absolute atomic E-state index is 0.0121. The van der Waals surface area contributed by atoms with Crippen molar-refractivity contribution in [2.24, 2.45) is 5.73 Å². The van der Waals surface area contributed by atoms with Crippen molar-refractivity contribution in [2.45, 2.75) is 6.42 Å². The third kappa shape index (κ3) is 3.78. The van der Waals surface area contributed by atoms with Crippen molar-refractivity contribution < 1.29 is 14.3 Å². The molecule has 1 aromatic rings. The molecule has 0 heterocycles. The summed E-state index contributed by atoms with van der Waals surface area (Å²) in [7, 11) is 0. The van der Waals surface area contributed by atoms with Crippen molar-refractivity contribution in [3.63, 3.8) is 0 Å². The van der Waals surface area contributed by atoms with Crippen LogP contribution in [-0.4, -0.2) is 18.5 Å². The first kappa shape index (κ1) is 12.3. The number of carbonyl (C=O) groups excluding carboxylic acids is 2. The smallest absolute Gasteiger partial charge is 0.338 e. The number of nitrogens with two attached hydrogens (primary N) is 2. The zero-order valence-corrected chi connectivity index (χ0v) is 9.16. The van der Waals surface area contributed by atoms with Crippen LogP contribution in [0.15, 0.2) is 18.2 Å². The Bertz CT molecular complexity index is 400. The van der Waals surface area contributed by atoms with E-state index in [0.717, 1.165) is 0 Å². The molecule has 1 aromatic carbocycles. The monoisotopic (exact) mass is 242 g/mol. The van der Waals surface area contributed by atoms with Crippen LogP contribution in [0.4, 0.5) is 5.69 Å². The highest BCUT2D eigenvalue weighted by Gasteiger charge is 2.09. The third-order valence-corrected chi connectivity index (χ3v) is 1.96. The Hall–Kier alpha value is -1.75. The minimum Gasteiger partial charge on any atom is -0.462 e. The molecule has 0 aromatic heterocycles. The summed E-state index contributed by atoms with van der Waals surface area (Å²) in [6, 6.07) is 4.39. The number of ether oxygens (including phenoxy) is 1. The molecule has 0 spiro atoms. The molecule has 0 aliphatic rings. The molecule has 0 saturated carbocycles. The molecule has 1 amide bonds. The van der Waals surface area contributed by atoms with E-state index in [4.69, 9.17) is 27.8 Å². The Morgan fingerprint density at radius 1 is 1.31 bits per heavy atom. The Labute approximate surface area is 97.3 Å². The molecular weight excluding hydrogens is 232 g/mol. The van der Waals surface area contributed by atoms with Gasteiger partial charge < -0.3 is 16.2 Å². The maximum atomic E-state index is 11.4. The summed E-state index contributed by atoms with van der Waals surface area (Å²) >= 11 is 5.72. The molecule has 86 valence electrons. The van der Waals surface area contributed by atoms with Crippen molar-refractivity contribution in [1.82, 2.24) is 0 Å². The van der Waals surface area contributed by atoms with Crippen LogP contribution in [-0.2, 0) is 9.53 Å². The van der Waals surface area contributed by atoms with E-state index in [1.807, 2.05) is 0 Å². The van der Waals surface area contributed by atoms with Crippen molar-refractivity contribution in [2.75, 3.05) is 12.3 Å². The number of nitrogen functional groups attached to an aromatic ring is 1. The Morgan fingerprint density at radius 3 is 2.56 bits per heavy atom. The molecule has 0 aliphatic carbocycles. The molecule has 4 N–H and O–H groups in total. The van der Waals surface area contributed by atoms with Crippen LogP contribution in [0.2, 0.25) is 5.02 Å². The van der Waals surface area contributed by atoms with Crippen molar-refractivity contribution in [3.05, 3.63) is 28.8 Å². The van der Waals surface area contributed by atoms with Gasteiger partial charge in [0.25, 0.3) is 0 Å². The first-order valence-corrected chi connectivity index (χ1v) is 4.88. The summed E-state index contributed by atoms with van der Waals surface area (Å²) in [5, 5.41) is 0.349. The number of carbonyl (C=O) groups is 2. The number of hydrogen-bond donors (Lipinski definition) is 2. The quantitative estimate of drug-likeness (QED) is 0.607. The number of halogens is 1. The zero-order chi connectivity index (χ0) is 12.1. The molecule has 0 saturated heterocycles. The van der Waals surface area contributed by atoms with E-state index >= 15 is 0 Å². The van der Waals surface area contributed by atoms with E-state index < -0.39 is 11.9 Å². The predicted molar refractivity (Wildman–Crippen MR) is 60.0 cm³/mol. The van der Waals surface area contributed by atoms with E-state index in [2.05, 4.69) is 0 Å². The highest BCUT2D eigenvalue weighted by atomic mass is 35.5. The lowest BCUT2D eigenvalue weighted by molar-refractivity contribution is -0.118. The number of benzene rings is 1. The highest BCUT2D eigenvalue weighted by molar-refractivity contribution is 6.31. The first-order valence-electron chi connectivity index (χ1n) is 4.50. The molecule has 16 heavy (non-hydrogen) atoms. The SMILES string of the molecule is NC(=O)CCOC(=O)c1cc(N)cc(Cl)c1. The average Bonchev–Trinajstić information content (AvgIpc) is 2.15. The molecule has 0 fully saturated rings. The fourth-order valence-electron chi connectivity index (χ4n) is 1.06. The summed E-state index contributed by atoms with van der Waals surface area (Å²) < 4.78 is 4.79. The van der Waals surface area contributed by atoms with E-state index in [1.165, 1.54) is 18.2 Å². The average molecular weight is 243 g/mol. The molecule has 0 bridgehead atoms. The van der Waals surface area contributed by atoms with Gasteiger partial charge in [0.2, 0.25) is 5.91 Å². The van der Waals surface area contributed by atoms with Crippen molar-refractivity contribution >= 4 is 29.2 Å². The standard InChI is InChI=1S/C10H11ClN2O3/c11-7-3-6(4-8(12)5-7)10(15)16-2-1-9(13)14/h3-5H,1-2,12H2,(H2,13,14). The Balaban J connectivity index is 2.62. The number of amides is 1. The maximum absolute atomic E-state index is 11.4. The van der Waals surface area contributed by atoms with Gasteiger partial charge in [0.1, 0.15) is 6.61 Å². The van der Waals surface area contributed by atoms with Crippen LogP contribution in [0.25, 0.3) is 0 Å². The van der Waals surface area contributed by atoms with Gasteiger partial charge in [-0.25, -0.2) is 4.79 Å². The lowest BCUT2D eigenvalue weighted by atomic mass is 10.2. The van der Waals surface area contributed by atoms with Gasteiger partial charge in [-0.05, 0) is 18.2 Å². The van der Waals surface area contributed by atoms with E-state index in [-0.39, 0.29) is 18.6 Å². The van der Waals surface area contributed by atoms with Gasteiger partial charge in [0.05, 0.1) is 12.0 Å². The van der Waals surface area contributed by atoms with Gasteiger partial charge in [-0.1, -0.05) is 11.6 Å². The third-order valence-electron chi connectivity index (χ3n) is 1.74. The fourth-order valence-corrected chi connectivity index (χ4v) is 1.30. The number of hydrogen-bond acceptors (Lipinski definition) is 4. The number of anilines is 1. The van der Waals surface area contributed by atoms with Crippen molar-refractivity contribution in [1.29, 1.82) is 0 Å². The summed E-state index contributed by atoms with van der Waals surface area (Å²) in [5.74, 6) is -1.12. The van der Waals surface area contributed by atoms with E-state index in [0.29, 0.717) is 10.7 Å². The topological polar surface area (TPSA) is 95.4 Å². The lowest BCUT2D eigenvalue weighted by Gasteiger charge is -2.04. The van der Waals surface area contributed by atoms with Crippen LogP contribution < -0.4 is 11.5 Å². The molecule has 0 radical (unpaired) electrons. The summed E-state index contributed by atoms with van der Waals surface area (Å²) in [6.07, 6.45) is -0.0121. The minimum atomic E-state index is -0.588. The van der Waals surface area contributed by atoms with Crippen LogP contribution in [0.3, 0.4) is 0 Å². The van der Waals surface area contributed by atoms with E-state index in [1.54, 1.807) is 0 Å². The second kappa shape index (κ2) is 5.37. The molecule has 1 rings (SSSR count). The van der Waals surface area contributed by atoms with Gasteiger partial charge in [-0.15, -0.1) is 0 Å².